The Balaban J connectivity index is 2.44. The third kappa shape index (κ3) is 3.53. The van der Waals surface area contributed by atoms with E-state index in [-0.39, 0.29) is 5.69 Å². The summed E-state index contributed by atoms with van der Waals surface area (Å²) in [6.45, 7) is 4.70. The molecule has 0 spiro atoms. The highest BCUT2D eigenvalue weighted by molar-refractivity contribution is 9.10. The molecule has 112 valence electrons. The minimum Gasteiger partial charge on any atom is -0.476 e. The van der Waals surface area contributed by atoms with Crippen LogP contribution in [0.1, 0.15) is 47.8 Å². The number of aromatic nitrogens is 2. The maximum Gasteiger partial charge on any atom is 0.356 e. The standard InChI is InChI=1S/C16H19BrN2O2/c1-3-5-14-18-15(16(20)21)13(4-2)19(14)10-11-6-8-12(17)9-7-11/h6-9H,3-5,10H2,1-2H3,(H,20,21). The summed E-state index contributed by atoms with van der Waals surface area (Å²) in [6.07, 6.45) is 2.39. The van der Waals surface area contributed by atoms with Crippen LogP contribution in [0.15, 0.2) is 28.7 Å². The number of rotatable bonds is 6. The first kappa shape index (κ1) is 15.8. The monoisotopic (exact) mass is 350 g/mol. The number of hydrogen-bond donors (Lipinski definition) is 1. The van der Waals surface area contributed by atoms with Crippen LogP contribution >= 0.6 is 15.9 Å². The average molecular weight is 351 g/mol. The average Bonchev–Trinajstić information content (AvgIpc) is 2.80. The smallest absolute Gasteiger partial charge is 0.356 e. The second-order valence-corrected chi connectivity index (χ2v) is 5.86. The van der Waals surface area contributed by atoms with Crippen LogP contribution in [0.3, 0.4) is 0 Å². The van der Waals surface area contributed by atoms with Crippen LogP contribution < -0.4 is 0 Å². The predicted octanol–water partition coefficient (Wildman–Crippen LogP) is 3.91. The summed E-state index contributed by atoms with van der Waals surface area (Å²) in [6, 6.07) is 8.07. The SMILES string of the molecule is CCCc1nc(C(=O)O)c(CC)n1Cc1ccc(Br)cc1. The molecule has 0 saturated heterocycles. The Hall–Kier alpha value is -1.62. The second-order valence-electron chi connectivity index (χ2n) is 4.94. The highest BCUT2D eigenvalue weighted by Crippen LogP contribution is 2.18. The van der Waals surface area contributed by atoms with Crippen LogP contribution in [0.4, 0.5) is 0 Å². The number of imidazole rings is 1. The molecule has 0 unspecified atom stereocenters. The van der Waals surface area contributed by atoms with Gasteiger partial charge in [-0.15, -0.1) is 0 Å². The molecule has 0 bridgehead atoms. The maximum atomic E-state index is 11.4. The molecule has 1 heterocycles. The summed E-state index contributed by atoms with van der Waals surface area (Å²) in [5.74, 6) is -0.0894. The lowest BCUT2D eigenvalue weighted by molar-refractivity contribution is 0.0689. The van der Waals surface area contributed by atoms with E-state index in [0.29, 0.717) is 13.0 Å². The first-order chi connectivity index (χ1) is 10.1. The molecule has 0 fully saturated rings. The van der Waals surface area contributed by atoms with Crippen molar-refractivity contribution in [3.63, 3.8) is 0 Å². The van der Waals surface area contributed by atoms with Gasteiger partial charge < -0.3 is 9.67 Å². The summed E-state index contributed by atoms with van der Waals surface area (Å²) < 4.78 is 3.09. The molecular weight excluding hydrogens is 332 g/mol. The van der Waals surface area contributed by atoms with Crippen molar-refractivity contribution in [3.8, 4) is 0 Å². The second kappa shape index (κ2) is 6.89. The Labute approximate surface area is 133 Å². The van der Waals surface area contributed by atoms with E-state index >= 15 is 0 Å². The molecular formula is C16H19BrN2O2. The van der Waals surface area contributed by atoms with Crippen LogP contribution in [-0.4, -0.2) is 20.6 Å². The first-order valence-electron chi connectivity index (χ1n) is 7.12. The molecule has 0 atom stereocenters. The van der Waals surface area contributed by atoms with Gasteiger partial charge in [-0.05, 0) is 30.5 Å². The molecule has 0 radical (unpaired) electrons. The highest BCUT2D eigenvalue weighted by atomic mass is 79.9. The molecule has 0 aliphatic heterocycles. The van der Waals surface area contributed by atoms with Gasteiger partial charge in [0, 0.05) is 17.4 Å². The molecule has 2 rings (SSSR count). The summed E-state index contributed by atoms with van der Waals surface area (Å²) in [5, 5.41) is 9.32. The third-order valence-corrected chi connectivity index (χ3v) is 3.95. The Morgan fingerprint density at radius 2 is 1.95 bits per heavy atom. The molecule has 0 amide bonds. The fourth-order valence-electron chi connectivity index (χ4n) is 2.44. The van der Waals surface area contributed by atoms with Gasteiger partial charge in [-0.3, -0.25) is 0 Å². The van der Waals surface area contributed by atoms with E-state index in [1.165, 1.54) is 0 Å². The van der Waals surface area contributed by atoms with Crippen molar-refractivity contribution in [2.75, 3.05) is 0 Å². The van der Waals surface area contributed by atoms with Crippen LogP contribution in [0.5, 0.6) is 0 Å². The Morgan fingerprint density at radius 3 is 2.48 bits per heavy atom. The summed E-state index contributed by atoms with van der Waals surface area (Å²) in [5.41, 5.74) is 2.13. The Bertz CT molecular complexity index is 632. The zero-order chi connectivity index (χ0) is 15.4. The molecule has 1 aromatic carbocycles. The van der Waals surface area contributed by atoms with E-state index in [1.807, 2.05) is 31.2 Å². The zero-order valence-corrected chi connectivity index (χ0v) is 13.9. The quantitative estimate of drug-likeness (QED) is 0.859. The number of aromatic carboxylic acids is 1. The van der Waals surface area contributed by atoms with Crippen molar-refractivity contribution in [2.45, 2.75) is 39.7 Å². The van der Waals surface area contributed by atoms with Gasteiger partial charge in [0.25, 0.3) is 0 Å². The van der Waals surface area contributed by atoms with E-state index in [0.717, 1.165) is 34.4 Å². The lowest BCUT2D eigenvalue weighted by atomic mass is 10.2. The van der Waals surface area contributed by atoms with Gasteiger partial charge in [0.15, 0.2) is 5.69 Å². The number of carbonyl (C=O) groups is 1. The zero-order valence-electron chi connectivity index (χ0n) is 12.3. The van der Waals surface area contributed by atoms with Crippen molar-refractivity contribution in [3.05, 3.63) is 51.5 Å². The minimum atomic E-state index is -0.946. The van der Waals surface area contributed by atoms with Gasteiger partial charge in [-0.2, -0.15) is 0 Å². The predicted molar refractivity (Wildman–Crippen MR) is 85.8 cm³/mol. The van der Waals surface area contributed by atoms with E-state index in [9.17, 15) is 9.90 Å². The molecule has 4 nitrogen and oxygen atoms in total. The molecule has 1 N–H and O–H groups in total. The molecule has 0 aliphatic carbocycles. The first-order valence-corrected chi connectivity index (χ1v) is 7.92. The van der Waals surface area contributed by atoms with Crippen molar-refractivity contribution in [1.82, 2.24) is 9.55 Å². The number of carboxylic acid groups (broad SMARTS) is 1. The van der Waals surface area contributed by atoms with E-state index in [2.05, 4.69) is 32.4 Å². The Kier molecular flexibility index (Phi) is 5.17. The van der Waals surface area contributed by atoms with Crippen molar-refractivity contribution < 1.29 is 9.90 Å². The van der Waals surface area contributed by atoms with Crippen molar-refractivity contribution in [1.29, 1.82) is 0 Å². The summed E-state index contributed by atoms with van der Waals surface area (Å²) in [4.78, 5) is 15.7. The van der Waals surface area contributed by atoms with Gasteiger partial charge in [-0.1, -0.05) is 41.9 Å². The van der Waals surface area contributed by atoms with Gasteiger partial charge in [0.1, 0.15) is 5.82 Å². The largest absolute Gasteiger partial charge is 0.476 e. The topological polar surface area (TPSA) is 55.1 Å². The molecule has 2 aromatic rings. The number of halogens is 1. The lowest BCUT2D eigenvalue weighted by Gasteiger charge is -2.11. The number of benzene rings is 1. The molecule has 21 heavy (non-hydrogen) atoms. The molecule has 5 heteroatoms. The summed E-state index contributed by atoms with van der Waals surface area (Å²) >= 11 is 3.42. The van der Waals surface area contributed by atoms with E-state index in [4.69, 9.17) is 0 Å². The van der Waals surface area contributed by atoms with Crippen LogP contribution in [0, 0.1) is 0 Å². The van der Waals surface area contributed by atoms with Gasteiger partial charge in [0.05, 0.1) is 5.69 Å². The van der Waals surface area contributed by atoms with E-state index < -0.39 is 5.97 Å². The fraction of sp³-hybridized carbons (Fsp3) is 0.375. The fourth-order valence-corrected chi connectivity index (χ4v) is 2.70. The van der Waals surface area contributed by atoms with Crippen molar-refractivity contribution >= 4 is 21.9 Å². The number of hydrogen-bond acceptors (Lipinski definition) is 2. The maximum absolute atomic E-state index is 11.4. The number of carboxylic acids is 1. The number of nitrogens with zero attached hydrogens (tertiary/aromatic N) is 2. The number of aryl methyl sites for hydroxylation is 1. The van der Waals surface area contributed by atoms with Gasteiger partial charge >= 0.3 is 5.97 Å². The van der Waals surface area contributed by atoms with E-state index in [1.54, 1.807) is 0 Å². The van der Waals surface area contributed by atoms with Gasteiger partial charge in [-0.25, -0.2) is 9.78 Å². The van der Waals surface area contributed by atoms with Crippen LogP contribution in [0.2, 0.25) is 0 Å². The normalized spacial score (nSPS) is 10.8. The lowest BCUT2D eigenvalue weighted by Crippen LogP contribution is -2.09. The molecule has 0 saturated carbocycles. The minimum absolute atomic E-state index is 0.193. The van der Waals surface area contributed by atoms with Gasteiger partial charge in [0.2, 0.25) is 0 Å². The third-order valence-electron chi connectivity index (χ3n) is 3.42. The van der Waals surface area contributed by atoms with Crippen molar-refractivity contribution in [2.24, 2.45) is 0 Å². The molecule has 0 aliphatic rings. The summed E-state index contributed by atoms with van der Waals surface area (Å²) in [7, 11) is 0. The van der Waals surface area contributed by atoms with Crippen LogP contribution in [0.25, 0.3) is 0 Å². The van der Waals surface area contributed by atoms with Crippen LogP contribution in [-0.2, 0) is 19.4 Å². The highest BCUT2D eigenvalue weighted by Gasteiger charge is 2.20. The Morgan fingerprint density at radius 1 is 1.29 bits per heavy atom. The molecule has 1 aromatic heterocycles.